The van der Waals surface area contributed by atoms with Crippen LogP contribution in [0.15, 0.2) is 23.8 Å². The predicted octanol–water partition coefficient (Wildman–Crippen LogP) is 16.5. The number of rotatable bonds is 51. The molecule has 0 aromatic heterocycles. The molecule has 1 rings (SSSR count). The summed E-state index contributed by atoms with van der Waals surface area (Å²) in [4.78, 5) is 24.8. The quantitative estimate of drug-likeness (QED) is 0.0225. The van der Waals surface area contributed by atoms with E-state index in [1.54, 1.807) is 12.4 Å². The zero-order valence-electron chi connectivity index (χ0n) is 52.4. The fourth-order valence-electron chi connectivity index (χ4n) is 8.96. The molecule has 0 amide bonds. The van der Waals surface area contributed by atoms with Gasteiger partial charge < -0.3 is 51.6 Å². The van der Waals surface area contributed by atoms with Gasteiger partial charge in [-0.3, -0.25) is 9.59 Å². The molecular weight excluding hydrogens is 965 g/mol. The number of carbonyl (C=O) groups is 2. The van der Waals surface area contributed by atoms with Crippen LogP contribution in [-0.4, -0.2) is 85.1 Å². The van der Waals surface area contributed by atoms with Crippen LogP contribution in [0.1, 0.15) is 325 Å². The number of nitrogens with one attached hydrogen (secondary N) is 2. The third-order valence-electron chi connectivity index (χ3n) is 13.7. The Hall–Kier alpha value is -2.54. The summed E-state index contributed by atoms with van der Waals surface area (Å²) < 4.78 is 16.9. The molecule has 0 spiro atoms. The van der Waals surface area contributed by atoms with E-state index >= 15 is 0 Å². The van der Waals surface area contributed by atoms with Crippen molar-refractivity contribution in [3.8, 4) is 0 Å². The first-order valence-corrected chi connectivity index (χ1v) is 32.9. The third kappa shape index (κ3) is 67.7. The number of hydrogen-bond acceptors (Lipinski definition) is 12. The van der Waals surface area contributed by atoms with Gasteiger partial charge in [-0.1, -0.05) is 222 Å². The molecule has 1 aliphatic rings. The van der Waals surface area contributed by atoms with Crippen molar-refractivity contribution in [1.82, 2.24) is 10.6 Å². The van der Waals surface area contributed by atoms with Crippen LogP contribution in [0.2, 0.25) is 0 Å². The van der Waals surface area contributed by atoms with E-state index in [0.29, 0.717) is 24.2 Å². The highest BCUT2D eigenvalue weighted by atomic mass is 16.5. The molecule has 1 saturated heterocycles. The molecular formula is C65H134N4O8. The van der Waals surface area contributed by atoms with E-state index in [4.69, 9.17) is 41.0 Å². The Morgan fingerprint density at radius 3 is 1.01 bits per heavy atom. The number of esters is 2. The topological polar surface area (TPSA) is 199 Å². The van der Waals surface area contributed by atoms with Gasteiger partial charge in [-0.05, 0) is 89.9 Å². The second-order valence-electron chi connectivity index (χ2n) is 21.0. The summed E-state index contributed by atoms with van der Waals surface area (Å²) in [5, 5.41) is 32.3. The Balaban J connectivity index is -0.000000577. The number of hydrogen-bond donors (Lipinski definition) is 7. The number of unbranched alkanes of at least 4 members (excludes halogenated alkanes) is 28. The van der Waals surface area contributed by atoms with Gasteiger partial charge in [0.15, 0.2) is 0 Å². The molecule has 0 aromatic rings. The molecule has 9 N–H and O–H groups in total. The van der Waals surface area contributed by atoms with Crippen molar-refractivity contribution in [2.24, 2.45) is 11.5 Å². The fourth-order valence-corrected chi connectivity index (χ4v) is 8.96. The van der Waals surface area contributed by atoms with E-state index in [2.05, 4.69) is 38.3 Å². The maximum Gasteiger partial charge on any atom is 0.306 e. The van der Waals surface area contributed by atoms with Crippen LogP contribution in [-0.2, 0) is 23.8 Å². The number of ether oxygens (including phenoxy) is 3. The van der Waals surface area contributed by atoms with Crippen LogP contribution >= 0.6 is 0 Å². The second-order valence-corrected chi connectivity index (χ2v) is 21.0. The van der Waals surface area contributed by atoms with E-state index < -0.39 is 0 Å². The molecule has 1 unspecified atom stereocenters. The summed E-state index contributed by atoms with van der Waals surface area (Å²) in [6.45, 7) is 19.5. The maximum atomic E-state index is 12.4. The minimum atomic E-state index is -0.109. The largest absolute Gasteiger partial charge is 0.462 e. The van der Waals surface area contributed by atoms with Crippen LogP contribution in [0, 0.1) is 0 Å². The summed E-state index contributed by atoms with van der Waals surface area (Å²) in [7, 11) is 0. The van der Waals surface area contributed by atoms with Gasteiger partial charge in [0.05, 0.1) is 25.9 Å². The van der Waals surface area contributed by atoms with Gasteiger partial charge in [-0.2, -0.15) is 0 Å². The first kappa shape index (κ1) is 80.9. The van der Waals surface area contributed by atoms with Gasteiger partial charge in [-0.15, -0.1) is 0 Å². The first-order chi connectivity index (χ1) is 37.7. The van der Waals surface area contributed by atoms with Gasteiger partial charge >= 0.3 is 11.9 Å². The number of carbonyl (C=O) groups excluding carboxylic acids is 2. The van der Waals surface area contributed by atoms with Crippen molar-refractivity contribution in [3.63, 3.8) is 0 Å². The smallest absolute Gasteiger partial charge is 0.306 e. The summed E-state index contributed by atoms with van der Waals surface area (Å²) in [5.41, 5.74) is 12.0. The van der Waals surface area contributed by atoms with Crippen molar-refractivity contribution in [1.29, 1.82) is 0 Å². The lowest BCUT2D eigenvalue weighted by Gasteiger charge is -2.18. The van der Waals surface area contributed by atoms with Crippen LogP contribution in [0.3, 0.4) is 0 Å². The van der Waals surface area contributed by atoms with Crippen molar-refractivity contribution >= 4 is 11.9 Å². The monoisotopic (exact) mass is 1100 g/mol. The molecule has 1 heterocycles. The molecule has 0 radical (unpaired) electrons. The Morgan fingerprint density at radius 2 is 0.753 bits per heavy atom. The Bertz CT molecular complexity index is 1090. The third-order valence-corrected chi connectivity index (χ3v) is 13.7. The van der Waals surface area contributed by atoms with Gasteiger partial charge in [0.25, 0.3) is 0 Å². The minimum absolute atomic E-state index is 0.00301. The van der Waals surface area contributed by atoms with E-state index in [1.807, 2.05) is 27.7 Å². The average Bonchev–Trinajstić information content (AvgIpc) is 3.99. The zero-order valence-corrected chi connectivity index (χ0v) is 52.4. The van der Waals surface area contributed by atoms with Crippen LogP contribution < -0.4 is 22.1 Å². The highest BCUT2D eigenvalue weighted by Crippen LogP contribution is 2.20. The molecule has 77 heavy (non-hydrogen) atoms. The molecule has 1 atom stereocenters. The van der Waals surface area contributed by atoms with E-state index in [9.17, 15) is 9.59 Å². The van der Waals surface area contributed by atoms with Gasteiger partial charge in [0.2, 0.25) is 0 Å². The van der Waals surface area contributed by atoms with Crippen LogP contribution in [0.25, 0.3) is 0 Å². The number of aliphatic hydroxyl groups is 3. The summed E-state index contributed by atoms with van der Waals surface area (Å²) in [5.74, 6) is 0.00602. The summed E-state index contributed by atoms with van der Waals surface area (Å²) in [6.07, 6.45) is 52.7. The Kier molecular flexibility index (Phi) is 75.1. The van der Waals surface area contributed by atoms with E-state index in [-0.39, 0.29) is 50.1 Å². The molecule has 0 bridgehead atoms. The standard InChI is InChI=1S/2C28H56N2O3.C5H10O2.2C2H6/c2*1-3-5-7-9-12-16-20-27(21-17-13-10-8-6-4-2)33-28(32)22-18-14-11-15-19-23-30-24-26(29)25-31;6-4-5-2-1-3-7-5;2*1-2/h2*24,27,30-31H,3-23,25,29H2,1-2H3;5-6H,1-4H2;2*1-2H3/b2*26-24-;;;. The minimum Gasteiger partial charge on any atom is -0.462 e. The van der Waals surface area contributed by atoms with E-state index in [1.165, 1.54) is 154 Å². The molecule has 12 heteroatoms. The lowest BCUT2D eigenvalue weighted by molar-refractivity contribution is -0.151. The second kappa shape index (κ2) is 71.5. The van der Waals surface area contributed by atoms with E-state index in [0.717, 1.165) is 122 Å². The normalized spacial score (nSPS) is 13.1. The predicted molar refractivity (Wildman–Crippen MR) is 331 cm³/mol. The number of aliphatic hydroxyl groups excluding tert-OH is 3. The highest BCUT2D eigenvalue weighted by Gasteiger charge is 2.16. The van der Waals surface area contributed by atoms with Crippen LogP contribution in [0.5, 0.6) is 0 Å². The molecule has 1 aliphatic heterocycles. The highest BCUT2D eigenvalue weighted by molar-refractivity contribution is 5.69. The van der Waals surface area contributed by atoms with Gasteiger partial charge in [-0.25, -0.2) is 0 Å². The maximum absolute atomic E-state index is 12.4. The molecule has 0 aromatic carbocycles. The Labute approximate surface area is 478 Å². The van der Waals surface area contributed by atoms with Crippen molar-refractivity contribution in [3.05, 3.63) is 23.8 Å². The van der Waals surface area contributed by atoms with Crippen LogP contribution in [0.4, 0.5) is 0 Å². The van der Waals surface area contributed by atoms with Crippen molar-refractivity contribution in [2.45, 2.75) is 343 Å². The Morgan fingerprint density at radius 1 is 0.468 bits per heavy atom. The van der Waals surface area contributed by atoms with Gasteiger partial charge in [0.1, 0.15) is 12.2 Å². The summed E-state index contributed by atoms with van der Waals surface area (Å²) >= 11 is 0. The molecule has 12 nitrogen and oxygen atoms in total. The molecule has 0 aliphatic carbocycles. The van der Waals surface area contributed by atoms with Gasteiger partial charge in [0, 0.05) is 56.3 Å². The van der Waals surface area contributed by atoms with Crippen molar-refractivity contribution < 1.29 is 39.1 Å². The molecule has 1 fully saturated rings. The summed E-state index contributed by atoms with van der Waals surface area (Å²) in [6, 6.07) is 0. The number of nitrogens with two attached hydrogens (primary N) is 2. The average molecular weight is 1100 g/mol. The first-order valence-electron chi connectivity index (χ1n) is 32.9. The fraction of sp³-hybridized carbons (Fsp3) is 0.908. The van der Waals surface area contributed by atoms with Crippen molar-refractivity contribution in [2.75, 3.05) is 39.5 Å². The molecule has 0 saturated carbocycles. The lowest BCUT2D eigenvalue weighted by Crippen LogP contribution is -2.18. The SMILES string of the molecule is CC.CC.CCCCCCCCC(CCCCCCCC)OC(=O)CCCCCCCN/C=C(\N)CO.CCCCCCCCC(CCCCCCCC)OC(=O)CCCCCCCN/C=C(\N)CO.OCC1CCCO1. The lowest BCUT2D eigenvalue weighted by atomic mass is 10.0. The molecule has 462 valence electrons. The zero-order chi connectivity index (χ0) is 57.9.